The molecule has 4 nitrogen and oxygen atoms in total. The van der Waals surface area contributed by atoms with E-state index in [0.717, 1.165) is 12.8 Å². The van der Waals surface area contributed by atoms with Crippen LogP contribution in [0.25, 0.3) is 0 Å². The summed E-state index contributed by atoms with van der Waals surface area (Å²) in [5, 5.41) is 0.581. The summed E-state index contributed by atoms with van der Waals surface area (Å²) in [7, 11) is 1.79. The molecule has 0 aliphatic heterocycles. The maximum atomic E-state index is 12.1. The van der Waals surface area contributed by atoms with E-state index in [9.17, 15) is 4.79 Å². The Morgan fingerprint density at radius 1 is 1.47 bits per heavy atom. The van der Waals surface area contributed by atoms with Crippen molar-refractivity contribution in [3.05, 3.63) is 29.3 Å². The normalized spacial score (nSPS) is 15.9. The number of likely N-dealkylation sites (N-methyl/N-ethyl adjacent to an activating group) is 1. The average Bonchev–Trinajstić information content (AvgIpc) is 3.21. The first kappa shape index (κ1) is 14.2. The Morgan fingerprint density at radius 2 is 2.16 bits per heavy atom. The van der Waals surface area contributed by atoms with Crippen LogP contribution in [0.1, 0.15) is 12.8 Å². The zero-order valence-electron chi connectivity index (χ0n) is 11.1. The highest BCUT2D eigenvalue weighted by atomic mass is 35.5. The highest BCUT2D eigenvalue weighted by Crippen LogP contribution is 2.45. The lowest BCUT2D eigenvalue weighted by Crippen LogP contribution is -2.40. The summed E-state index contributed by atoms with van der Waals surface area (Å²) in [6.07, 6.45) is 1.80. The molecule has 0 radical (unpaired) electrons. The number of ether oxygens (including phenoxy) is 1. The standard InChI is InChI=1S/C14H19ClN2O2/c1-17(13(18)14(10-16)6-7-14)8-9-19-12-5-3-2-4-11(12)15/h2-5H,6-10,16H2,1H3. The molecule has 5 heteroatoms. The average molecular weight is 283 g/mol. The van der Waals surface area contributed by atoms with Crippen molar-refractivity contribution in [2.45, 2.75) is 12.8 Å². The van der Waals surface area contributed by atoms with Crippen molar-refractivity contribution in [3.63, 3.8) is 0 Å². The van der Waals surface area contributed by atoms with Crippen molar-refractivity contribution in [1.82, 2.24) is 4.90 Å². The third-order valence-corrected chi connectivity index (χ3v) is 3.88. The van der Waals surface area contributed by atoms with Crippen LogP contribution in [0.5, 0.6) is 5.75 Å². The van der Waals surface area contributed by atoms with Gasteiger partial charge in [0.25, 0.3) is 0 Å². The van der Waals surface area contributed by atoms with Crippen LogP contribution >= 0.6 is 11.6 Å². The van der Waals surface area contributed by atoms with Crippen LogP contribution in [0.3, 0.4) is 0 Å². The van der Waals surface area contributed by atoms with E-state index in [4.69, 9.17) is 22.1 Å². The molecule has 0 saturated heterocycles. The maximum Gasteiger partial charge on any atom is 0.229 e. The van der Waals surface area contributed by atoms with Crippen LogP contribution < -0.4 is 10.5 Å². The molecule has 1 amide bonds. The molecule has 2 rings (SSSR count). The summed E-state index contributed by atoms with van der Waals surface area (Å²) in [4.78, 5) is 13.8. The van der Waals surface area contributed by atoms with Crippen molar-refractivity contribution < 1.29 is 9.53 Å². The fourth-order valence-electron chi connectivity index (χ4n) is 2.02. The molecule has 0 unspecified atom stereocenters. The summed E-state index contributed by atoms with van der Waals surface area (Å²) in [5.41, 5.74) is 5.36. The van der Waals surface area contributed by atoms with Crippen LogP contribution in [0.15, 0.2) is 24.3 Å². The first-order valence-corrected chi connectivity index (χ1v) is 6.80. The lowest BCUT2D eigenvalue weighted by Gasteiger charge is -2.22. The molecule has 0 heterocycles. The maximum absolute atomic E-state index is 12.1. The quantitative estimate of drug-likeness (QED) is 0.867. The number of para-hydroxylation sites is 1. The zero-order valence-corrected chi connectivity index (χ0v) is 11.8. The van der Waals surface area contributed by atoms with Gasteiger partial charge in [-0.2, -0.15) is 0 Å². The molecule has 1 aliphatic carbocycles. The highest BCUT2D eigenvalue weighted by Gasteiger charge is 2.49. The summed E-state index contributed by atoms with van der Waals surface area (Å²) in [5.74, 6) is 0.766. The molecule has 0 spiro atoms. The van der Waals surface area contributed by atoms with E-state index < -0.39 is 0 Å². The lowest BCUT2D eigenvalue weighted by atomic mass is 10.1. The first-order valence-electron chi connectivity index (χ1n) is 6.42. The minimum Gasteiger partial charge on any atom is -0.490 e. The number of carbonyl (C=O) groups excluding carboxylic acids is 1. The molecule has 2 N–H and O–H groups in total. The smallest absolute Gasteiger partial charge is 0.229 e. The second-order valence-electron chi connectivity index (χ2n) is 4.99. The van der Waals surface area contributed by atoms with Gasteiger partial charge in [0.15, 0.2) is 0 Å². The van der Waals surface area contributed by atoms with Crippen LogP contribution in [-0.2, 0) is 4.79 Å². The number of hydrogen-bond acceptors (Lipinski definition) is 3. The third kappa shape index (κ3) is 3.19. The Kier molecular flexibility index (Phi) is 4.32. The molecule has 19 heavy (non-hydrogen) atoms. The number of hydrogen-bond donors (Lipinski definition) is 1. The molecular weight excluding hydrogens is 264 g/mol. The van der Waals surface area contributed by atoms with Crippen molar-refractivity contribution in [1.29, 1.82) is 0 Å². The molecule has 1 aromatic carbocycles. The number of nitrogens with zero attached hydrogens (tertiary/aromatic N) is 1. The van der Waals surface area contributed by atoms with Gasteiger partial charge in [0.05, 0.1) is 17.0 Å². The van der Waals surface area contributed by atoms with Gasteiger partial charge in [-0.1, -0.05) is 23.7 Å². The number of benzene rings is 1. The molecule has 1 aliphatic rings. The van der Waals surface area contributed by atoms with E-state index in [1.807, 2.05) is 18.2 Å². The second-order valence-corrected chi connectivity index (χ2v) is 5.40. The molecule has 0 bridgehead atoms. The van der Waals surface area contributed by atoms with E-state index in [1.165, 1.54) is 0 Å². The Morgan fingerprint density at radius 3 is 2.74 bits per heavy atom. The van der Waals surface area contributed by atoms with Gasteiger partial charge in [0.1, 0.15) is 12.4 Å². The molecule has 1 aromatic rings. The van der Waals surface area contributed by atoms with Gasteiger partial charge in [-0.15, -0.1) is 0 Å². The third-order valence-electron chi connectivity index (χ3n) is 3.57. The van der Waals surface area contributed by atoms with Crippen LogP contribution in [0.4, 0.5) is 0 Å². The molecule has 1 fully saturated rings. The minimum absolute atomic E-state index is 0.123. The van der Waals surface area contributed by atoms with E-state index in [0.29, 0.717) is 30.5 Å². The lowest BCUT2D eigenvalue weighted by molar-refractivity contribution is -0.135. The van der Waals surface area contributed by atoms with Gasteiger partial charge in [-0.25, -0.2) is 0 Å². The van der Waals surface area contributed by atoms with E-state index in [1.54, 1.807) is 18.0 Å². The Balaban J connectivity index is 1.80. The fourth-order valence-corrected chi connectivity index (χ4v) is 2.21. The van der Waals surface area contributed by atoms with E-state index in [-0.39, 0.29) is 11.3 Å². The molecular formula is C14H19ClN2O2. The topological polar surface area (TPSA) is 55.6 Å². The largest absolute Gasteiger partial charge is 0.490 e. The van der Waals surface area contributed by atoms with E-state index >= 15 is 0 Å². The van der Waals surface area contributed by atoms with Crippen molar-refractivity contribution in [2.24, 2.45) is 11.1 Å². The van der Waals surface area contributed by atoms with Crippen LogP contribution in [0, 0.1) is 5.41 Å². The van der Waals surface area contributed by atoms with Gasteiger partial charge in [-0.05, 0) is 25.0 Å². The minimum atomic E-state index is -0.293. The number of carbonyl (C=O) groups is 1. The van der Waals surface area contributed by atoms with Gasteiger partial charge >= 0.3 is 0 Å². The van der Waals surface area contributed by atoms with Crippen LogP contribution in [-0.4, -0.2) is 37.6 Å². The van der Waals surface area contributed by atoms with Gasteiger partial charge in [-0.3, -0.25) is 4.79 Å². The van der Waals surface area contributed by atoms with E-state index in [2.05, 4.69) is 0 Å². The Hall–Kier alpha value is -1.26. The van der Waals surface area contributed by atoms with Crippen molar-refractivity contribution in [3.8, 4) is 5.75 Å². The molecule has 0 atom stereocenters. The Labute approximate surface area is 118 Å². The van der Waals surface area contributed by atoms with Gasteiger partial charge < -0.3 is 15.4 Å². The van der Waals surface area contributed by atoms with Crippen LogP contribution in [0.2, 0.25) is 5.02 Å². The number of amides is 1. The second kappa shape index (κ2) is 5.80. The highest BCUT2D eigenvalue weighted by molar-refractivity contribution is 6.32. The fraction of sp³-hybridized carbons (Fsp3) is 0.500. The number of rotatable bonds is 6. The van der Waals surface area contributed by atoms with Gasteiger partial charge in [0, 0.05) is 13.6 Å². The van der Waals surface area contributed by atoms with Gasteiger partial charge in [0.2, 0.25) is 5.91 Å². The molecule has 1 saturated carbocycles. The molecule has 0 aromatic heterocycles. The number of nitrogens with two attached hydrogens (primary N) is 1. The predicted molar refractivity (Wildman–Crippen MR) is 75.3 cm³/mol. The Bertz CT molecular complexity index is 461. The predicted octanol–water partition coefficient (Wildman–Crippen LogP) is 1.92. The zero-order chi connectivity index (χ0) is 13.9. The molecule has 104 valence electrons. The monoisotopic (exact) mass is 282 g/mol. The summed E-state index contributed by atoms with van der Waals surface area (Å²) < 4.78 is 5.57. The SMILES string of the molecule is CN(CCOc1ccccc1Cl)C(=O)C1(CN)CC1. The van der Waals surface area contributed by atoms with Crippen molar-refractivity contribution >= 4 is 17.5 Å². The summed E-state index contributed by atoms with van der Waals surface area (Å²) in [6.45, 7) is 1.39. The first-order chi connectivity index (χ1) is 9.09. The van der Waals surface area contributed by atoms with Crippen molar-refractivity contribution in [2.75, 3.05) is 26.7 Å². The summed E-state index contributed by atoms with van der Waals surface area (Å²) >= 11 is 5.99. The summed E-state index contributed by atoms with van der Waals surface area (Å²) in [6, 6.07) is 7.30. The number of halogens is 1.